The summed E-state index contributed by atoms with van der Waals surface area (Å²) in [4.78, 5) is 13.6. The van der Waals surface area contributed by atoms with Crippen molar-refractivity contribution in [3.8, 4) is 5.75 Å². The Labute approximate surface area is 145 Å². The molecule has 1 heterocycles. The number of hydrogen-bond acceptors (Lipinski definition) is 3. The molecule has 0 radical (unpaired) electrons. The van der Waals surface area contributed by atoms with Gasteiger partial charge in [-0.05, 0) is 42.1 Å². The minimum absolute atomic E-state index is 0.0469. The molecule has 1 atom stereocenters. The van der Waals surface area contributed by atoms with Crippen LogP contribution in [-0.2, 0) is 6.61 Å². The van der Waals surface area contributed by atoms with E-state index in [1.54, 1.807) is 23.5 Å². The number of rotatable bonds is 6. The predicted octanol–water partition coefficient (Wildman–Crippen LogP) is 4.82. The molecule has 0 bridgehead atoms. The van der Waals surface area contributed by atoms with Gasteiger partial charge in [0.15, 0.2) is 0 Å². The van der Waals surface area contributed by atoms with Crippen molar-refractivity contribution in [3.05, 3.63) is 88.1 Å². The maximum atomic E-state index is 12.4. The van der Waals surface area contributed by atoms with Crippen LogP contribution in [0.1, 0.15) is 33.8 Å². The van der Waals surface area contributed by atoms with Crippen LogP contribution in [0.5, 0.6) is 5.75 Å². The number of carbonyl (C=O) groups is 1. The van der Waals surface area contributed by atoms with E-state index >= 15 is 0 Å². The smallest absolute Gasteiger partial charge is 0.251 e. The topological polar surface area (TPSA) is 38.3 Å². The van der Waals surface area contributed by atoms with E-state index in [0.29, 0.717) is 17.9 Å². The zero-order chi connectivity index (χ0) is 16.8. The van der Waals surface area contributed by atoms with Gasteiger partial charge in [0, 0.05) is 10.4 Å². The van der Waals surface area contributed by atoms with E-state index in [4.69, 9.17) is 4.74 Å². The molecule has 0 fully saturated rings. The van der Waals surface area contributed by atoms with Crippen molar-refractivity contribution in [1.29, 1.82) is 0 Å². The number of benzene rings is 2. The molecule has 0 aliphatic rings. The molecule has 2 aromatic carbocycles. The highest BCUT2D eigenvalue weighted by molar-refractivity contribution is 7.09. The van der Waals surface area contributed by atoms with Crippen LogP contribution in [0.2, 0.25) is 0 Å². The van der Waals surface area contributed by atoms with Crippen molar-refractivity contribution < 1.29 is 9.53 Å². The van der Waals surface area contributed by atoms with E-state index in [0.717, 1.165) is 10.4 Å². The summed E-state index contributed by atoms with van der Waals surface area (Å²) in [5, 5.41) is 5.04. The molecule has 1 aromatic heterocycles. The highest BCUT2D eigenvalue weighted by atomic mass is 32.1. The number of thiophene rings is 1. The zero-order valence-electron chi connectivity index (χ0n) is 13.4. The van der Waals surface area contributed by atoms with Gasteiger partial charge in [-0.3, -0.25) is 4.79 Å². The second-order valence-electron chi connectivity index (χ2n) is 5.50. The molecule has 3 aromatic rings. The summed E-state index contributed by atoms with van der Waals surface area (Å²) in [6, 6.07) is 21.2. The highest BCUT2D eigenvalue weighted by Crippen LogP contribution is 2.18. The monoisotopic (exact) mass is 337 g/mol. The maximum absolute atomic E-state index is 12.4. The maximum Gasteiger partial charge on any atom is 0.251 e. The van der Waals surface area contributed by atoms with Crippen LogP contribution in [0.4, 0.5) is 0 Å². The summed E-state index contributed by atoms with van der Waals surface area (Å²) in [6.45, 7) is 2.49. The van der Waals surface area contributed by atoms with Crippen LogP contribution in [0.15, 0.2) is 72.1 Å². The molecule has 24 heavy (non-hydrogen) atoms. The fraction of sp³-hybridized carbons (Fsp3) is 0.150. The number of hydrogen-bond donors (Lipinski definition) is 1. The number of carbonyl (C=O) groups excluding carboxylic acids is 1. The Morgan fingerprint density at radius 1 is 1.08 bits per heavy atom. The molecule has 0 aliphatic carbocycles. The van der Waals surface area contributed by atoms with E-state index in [2.05, 4.69) is 5.32 Å². The molecular weight excluding hydrogens is 318 g/mol. The van der Waals surface area contributed by atoms with Gasteiger partial charge in [-0.15, -0.1) is 11.3 Å². The van der Waals surface area contributed by atoms with Gasteiger partial charge >= 0.3 is 0 Å². The van der Waals surface area contributed by atoms with E-state index in [1.807, 2.05) is 66.9 Å². The second-order valence-corrected chi connectivity index (χ2v) is 6.53. The SMILES string of the molecule is C[C@@H](NC(=O)c1cccc(OCc2cccs2)c1)c1ccccc1. The number of nitrogens with one attached hydrogen (secondary N) is 1. The Kier molecular flexibility index (Phi) is 5.29. The Morgan fingerprint density at radius 2 is 1.92 bits per heavy atom. The summed E-state index contributed by atoms with van der Waals surface area (Å²) >= 11 is 1.65. The Morgan fingerprint density at radius 3 is 2.67 bits per heavy atom. The quantitative estimate of drug-likeness (QED) is 0.700. The van der Waals surface area contributed by atoms with Crippen molar-refractivity contribution in [3.63, 3.8) is 0 Å². The van der Waals surface area contributed by atoms with Gasteiger partial charge in [0.05, 0.1) is 6.04 Å². The first-order valence-electron chi connectivity index (χ1n) is 7.83. The fourth-order valence-corrected chi connectivity index (χ4v) is 3.00. The summed E-state index contributed by atoms with van der Waals surface area (Å²) in [5.74, 6) is 0.594. The summed E-state index contributed by atoms with van der Waals surface area (Å²) < 4.78 is 5.76. The number of amides is 1. The molecule has 0 saturated carbocycles. The summed E-state index contributed by atoms with van der Waals surface area (Å²) in [5.41, 5.74) is 1.68. The van der Waals surface area contributed by atoms with Crippen molar-refractivity contribution in [2.75, 3.05) is 0 Å². The summed E-state index contributed by atoms with van der Waals surface area (Å²) in [7, 11) is 0. The van der Waals surface area contributed by atoms with Crippen LogP contribution in [0.25, 0.3) is 0 Å². The van der Waals surface area contributed by atoms with Gasteiger partial charge in [0.1, 0.15) is 12.4 Å². The molecular formula is C20H19NO2S. The minimum Gasteiger partial charge on any atom is -0.488 e. The first-order chi connectivity index (χ1) is 11.7. The summed E-state index contributed by atoms with van der Waals surface area (Å²) in [6.07, 6.45) is 0. The third-order valence-corrected chi connectivity index (χ3v) is 4.55. The van der Waals surface area contributed by atoms with Crippen molar-refractivity contribution in [1.82, 2.24) is 5.32 Å². The van der Waals surface area contributed by atoms with Gasteiger partial charge in [-0.25, -0.2) is 0 Å². The molecule has 0 unspecified atom stereocenters. The molecule has 4 heteroatoms. The van der Waals surface area contributed by atoms with Crippen molar-refractivity contribution in [2.45, 2.75) is 19.6 Å². The second kappa shape index (κ2) is 7.79. The highest BCUT2D eigenvalue weighted by Gasteiger charge is 2.12. The first-order valence-corrected chi connectivity index (χ1v) is 8.71. The van der Waals surface area contributed by atoms with E-state index < -0.39 is 0 Å². The Bertz CT molecular complexity index is 784. The number of ether oxygens (including phenoxy) is 1. The molecule has 0 spiro atoms. The van der Waals surface area contributed by atoms with Gasteiger partial charge in [-0.2, -0.15) is 0 Å². The third-order valence-electron chi connectivity index (χ3n) is 3.70. The van der Waals surface area contributed by atoms with Crippen molar-refractivity contribution >= 4 is 17.2 Å². The van der Waals surface area contributed by atoms with E-state index in [9.17, 15) is 4.79 Å². The van der Waals surface area contributed by atoms with Crippen LogP contribution in [0.3, 0.4) is 0 Å². The average molecular weight is 337 g/mol. The predicted molar refractivity (Wildman–Crippen MR) is 97.4 cm³/mol. The average Bonchev–Trinajstić information content (AvgIpc) is 3.14. The first kappa shape index (κ1) is 16.3. The molecule has 3 nitrogen and oxygen atoms in total. The minimum atomic E-state index is -0.104. The largest absolute Gasteiger partial charge is 0.488 e. The van der Waals surface area contributed by atoms with Crippen LogP contribution in [-0.4, -0.2) is 5.91 Å². The lowest BCUT2D eigenvalue weighted by Gasteiger charge is -2.14. The molecule has 1 amide bonds. The fourth-order valence-electron chi connectivity index (χ4n) is 2.38. The zero-order valence-corrected chi connectivity index (χ0v) is 14.3. The van der Waals surface area contributed by atoms with Crippen molar-refractivity contribution in [2.24, 2.45) is 0 Å². The van der Waals surface area contributed by atoms with Crippen LogP contribution in [0, 0.1) is 0 Å². The van der Waals surface area contributed by atoms with Crippen LogP contribution >= 0.6 is 11.3 Å². The van der Waals surface area contributed by atoms with Gasteiger partial charge in [-0.1, -0.05) is 42.5 Å². The van der Waals surface area contributed by atoms with Gasteiger partial charge in [0.25, 0.3) is 5.91 Å². The molecule has 0 saturated heterocycles. The van der Waals surface area contributed by atoms with Gasteiger partial charge < -0.3 is 10.1 Å². The normalized spacial score (nSPS) is 11.7. The lowest BCUT2D eigenvalue weighted by molar-refractivity contribution is 0.0939. The molecule has 3 rings (SSSR count). The molecule has 122 valence electrons. The standard InChI is InChI=1S/C20H19NO2S/c1-15(16-7-3-2-4-8-16)21-20(22)17-9-5-10-18(13-17)23-14-19-11-6-12-24-19/h2-13,15H,14H2,1H3,(H,21,22)/t15-/m1/s1. The Balaban J connectivity index is 1.63. The third kappa shape index (κ3) is 4.24. The van der Waals surface area contributed by atoms with E-state index in [1.165, 1.54) is 0 Å². The molecule has 0 aliphatic heterocycles. The van der Waals surface area contributed by atoms with Crippen LogP contribution < -0.4 is 10.1 Å². The molecule has 1 N–H and O–H groups in total. The lowest BCUT2D eigenvalue weighted by Crippen LogP contribution is -2.26. The van der Waals surface area contributed by atoms with E-state index in [-0.39, 0.29) is 11.9 Å². The van der Waals surface area contributed by atoms with Gasteiger partial charge in [0.2, 0.25) is 0 Å². The lowest BCUT2D eigenvalue weighted by atomic mass is 10.1. The Hall–Kier alpha value is -2.59.